The van der Waals surface area contributed by atoms with Gasteiger partial charge in [-0.25, -0.2) is 0 Å². The molecule has 0 fully saturated rings. The van der Waals surface area contributed by atoms with E-state index < -0.39 is 0 Å². The molecular formula is C17H16INO2. The van der Waals surface area contributed by atoms with E-state index in [1.54, 1.807) is 24.3 Å². The van der Waals surface area contributed by atoms with Crippen LogP contribution in [0.25, 0.3) is 0 Å². The number of nitriles is 1. The molecule has 0 atom stereocenters. The number of hydrogen-bond donors (Lipinski definition) is 0. The monoisotopic (exact) mass is 393 g/mol. The molecule has 0 N–H and O–H groups in total. The van der Waals surface area contributed by atoms with Crippen LogP contribution < -0.4 is 4.74 Å². The summed E-state index contributed by atoms with van der Waals surface area (Å²) in [7, 11) is 0. The number of ether oxygens (including phenoxy) is 1. The van der Waals surface area contributed by atoms with Crippen molar-refractivity contribution in [2.75, 3.05) is 6.61 Å². The Bertz CT molecular complexity index is 630. The molecular weight excluding hydrogens is 377 g/mol. The minimum atomic E-state index is -0.107. The Labute approximate surface area is 138 Å². The summed E-state index contributed by atoms with van der Waals surface area (Å²) in [5, 5.41) is 8.69. The quantitative estimate of drug-likeness (QED) is 0.570. The summed E-state index contributed by atoms with van der Waals surface area (Å²) in [6.45, 7) is 3.99. The molecule has 108 valence electrons. The molecule has 21 heavy (non-hydrogen) atoms. The lowest BCUT2D eigenvalue weighted by molar-refractivity contribution is 0.0921. The largest absolute Gasteiger partial charge is 0.484 e. The molecule has 0 saturated carbocycles. The van der Waals surface area contributed by atoms with E-state index in [0.717, 1.165) is 3.57 Å². The van der Waals surface area contributed by atoms with Crippen molar-refractivity contribution < 1.29 is 9.53 Å². The van der Waals surface area contributed by atoms with Crippen molar-refractivity contribution in [1.82, 2.24) is 0 Å². The number of Topliss-reactive ketones (excluding diaryl/α,β-unsaturated/α-hetero) is 1. The van der Waals surface area contributed by atoms with E-state index in [1.807, 2.05) is 44.2 Å². The fourth-order valence-electron chi connectivity index (χ4n) is 1.52. The van der Waals surface area contributed by atoms with Gasteiger partial charge in [0.15, 0.2) is 12.4 Å². The van der Waals surface area contributed by atoms with Crippen LogP contribution in [0.15, 0.2) is 48.5 Å². The zero-order chi connectivity index (χ0) is 15.7. The summed E-state index contributed by atoms with van der Waals surface area (Å²) in [6.07, 6.45) is 0. The number of carbonyl (C=O) groups excluding carboxylic acids is 1. The average Bonchev–Trinajstić information content (AvgIpc) is 2.56. The third-order valence-corrected chi connectivity index (χ3v) is 3.42. The van der Waals surface area contributed by atoms with Gasteiger partial charge < -0.3 is 4.74 Å². The molecule has 0 aliphatic heterocycles. The van der Waals surface area contributed by atoms with Crippen LogP contribution in [0.3, 0.4) is 0 Å². The maximum atomic E-state index is 11.9. The Morgan fingerprint density at radius 1 is 1.14 bits per heavy atom. The van der Waals surface area contributed by atoms with Gasteiger partial charge in [0.05, 0.1) is 15.2 Å². The normalized spacial score (nSPS) is 9.05. The van der Waals surface area contributed by atoms with Crippen LogP contribution in [0.4, 0.5) is 0 Å². The second-order valence-electron chi connectivity index (χ2n) is 3.83. The topological polar surface area (TPSA) is 50.1 Å². The fourth-order valence-corrected chi connectivity index (χ4v) is 2.06. The predicted molar refractivity (Wildman–Crippen MR) is 91.5 cm³/mol. The highest BCUT2D eigenvalue weighted by Crippen LogP contribution is 2.19. The van der Waals surface area contributed by atoms with Crippen molar-refractivity contribution >= 4 is 28.4 Å². The van der Waals surface area contributed by atoms with Gasteiger partial charge >= 0.3 is 0 Å². The second-order valence-corrected chi connectivity index (χ2v) is 4.99. The van der Waals surface area contributed by atoms with Crippen LogP contribution >= 0.6 is 22.6 Å². The van der Waals surface area contributed by atoms with Crippen LogP contribution in [0, 0.1) is 14.9 Å². The molecule has 3 nitrogen and oxygen atoms in total. The van der Waals surface area contributed by atoms with Gasteiger partial charge in [0.1, 0.15) is 5.75 Å². The second kappa shape index (κ2) is 9.14. The zero-order valence-electron chi connectivity index (χ0n) is 12.0. The molecule has 0 aromatic heterocycles. The summed E-state index contributed by atoms with van der Waals surface area (Å²) in [6, 6.07) is 16.1. The smallest absolute Gasteiger partial charge is 0.200 e. The van der Waals surface area contributed by atoms with E-state index in [2.05, 4.69) is 22.6 Å². The van der Waals surface area contributed by atoms with Crippen molar-refractivity contribution in [3.8, 4) is 11.8 Å². The molecule has 2 aromatic rings. The first-order valence-corrected chi connectivity index (χ1v) is 7.69. The minimum Gasteiger partial charge on any atom is -0.484 e. The Balaban J connectivity index is 0.00000106. The molecule has 0 unspecified atom stereocenters. The molecule has 2 rings (SSSR count). The molecule has 0 bridgehead atoms. The van der Waals surface area contributed by atoms with E-state index in [1.165, 1.54) is 0 Å². The first-order chi connectivity index (χ1) is 10.2. The van der Waals surface area contributed by atoms with Crippen molar-refractivity contribution in [2.45, 2.75) is 13.8 Å². The molecule has 0 heterocycles. The fraction of sp³-hybridized carbons (Fsp3) is 0.176. The molecule has 0 saturated heterocycles. The summed E-state index contributed by atoms with van der Waals surface area (Å²) in [4.78, 5) is 11.9. The minimum absolute atomic E-state index is 0.00802. The van der Waals surface area contributed by atoms with E-state index in [-0.39, 0.29) is 12.4 Å². The maximum absolute atomic E-state index is 11.9. The Morgan fingerprint density at radius 2 is 1.76 bits per heavy atom. The molecule has 0 radical (unpaired) electrons. The molecule has 0 spiro atoms. The van der Waals surface area contributed by atoms with Gasteiger partial charge in [0.25, 0.3) is 0 Å². The van der Waals surface area contributed by atoms with E-state index in [9.17, 15) is 4.79 Å². The van der Waals surface area contributed by atoms with Gasteiger partial charge in [-0.3, -0.25) is 4.79 Å². The van der Waals surface area contributed by atoms with Gasteiger partial charge in [-0.15, -0.1) is 0 Å². The summed E-state index contributed by atoms with van der Waals surface area (Å²) >= 11 is 2.16. The number of hydrogen-bond acceptors (Lipinski definition) is 3. The number of ketones is 1. The van der Waals surface area contributed by atoms with Crippen LogP contribution in [0.5, 0.6) is 5.75 Å². The number of nitrogens with zero attached hydrogens (tertiary/aromatic N) is 1. The van der Waals surface area contributed by atoms with Crippen molar-refractivity contribution in [1.29, 1.82) is 5.26 Å². The number of rotatable bonds is 4. The van der Waals surface area contributed by atoms with Crippen molar-refractivity contribution in [3.05, 3.63) is 63.2 Å². The predicted octanol–water partition coefficient (Wildman–Crippen LogP) is 4.45. The third kappa shape index (κ3) is 5.20. The average molecular weight is 393 g/mol. The zero-order valence-corrected chi connectivity index (χ0v) is 14.1. The van der Waals surface area contributed by atoms with Gasteiger partial charge in [0, 0.05) is 5.56 Å². The summed E-state index contributed by atoms with van der Waals surface area (Å²) < 4.78 is 6.45. The third-order valence-electron chi connectivity index (χ3n) is 2.53. The van der Waals surface area contributed by atoms with Gasteiger partial charge in [-0.1, -0.05) is 26.0 Å². The van der Waals surface area contributed by atoms with Crippen LogP contribution in [-0.2, 0) is 0 Å². The lowest BCUT2D eigenvalue weighted by atomic mass is 10.1. The van der Waals surface area contributed by atoms with Gasteiger partial charge in [0.2, 0.25) is 0 Å². The lowest BCUT2D eigenvalue weighted by Gasteiger charge is -2.07. The summed E-state index contributed by atoms with van der Waals surface area (Å²) in [5.41, 5.74) is 1.08. The number of para-hydroxylation sites is 1. The first kappa shape index (κ1) is 17.2. The highest BCUT2D eigenvalue weighted by molar-refractivity contribution is 14.1. The SMILES string of the molecule is CC.N#Cc1ccc(C(=O)COc2ccccc2I)cc1. The molecule has 0 aliphatic rings. The standard InChI is InChI=1S/C15H10INO2.C2H6/c16-13-3-1-2-4-15(13)19-10-14(18)12-7-5-11(9-17)6-8-12;1-2/h1-8H,10H2;1-2H3. The molecule has 2 aromatic carbocycles. The molecule has 0 amide bonds. The van der Waals surface area contributed by atoms with E-state index in [0.29, 0.717) is 16.9 Å². The van der Waals surface area contributed by atoms with Crippen molar-refractivity contribution in [3.63, 3.8) is 0 Å². The van der Waals surface area contributed by atoms with Crippen LogP contribution in [0.2, 0.25) is 0 Å². The maximum Gasteiger partial charge on any atom is 0.200 e. The summed E-state index contributed by atoms with van der Waals surface area (Å²) in [5.74, 6) is 0.592. The van der Waals surface area contributed by atoms with E-state index in [4.69, 9.17) is 10.00 Å². The molecule has 4 heteroatoms. The number of carbonyl (C=O) groups is 1. The Kier molecular flexibility index (Phi) is 7.48. The highest BCUT2D eigenvalue weighted by Gasteiger charge is 2.08. The van der Waals surface area contributed by atoms with Gasteiger partial charge in [-0.2, -0.15) is 5.26 Å². The Morgan fingerprint density at radius 3 is 2.33 bits per heavy atom. The first-order valence-electron chi connectivity index (χ1n) is 6.61. The highest BCUT2D eigenvalue weighted by atomic mass is 127. The van der Waals surface area contributed by atoms with Crippen molar-refractivity contribution in [2.24, 2.45) is 0 Å². The van der Waals surface area contributed by atoms with Gasteiger partial charge in [-0.05, 0) is 59.0 Å². The Hall–Kier alpha value is -1.87. The van der Waals surface area contributed by atoms with E-state index >= 15 is 0 Å². The van der Waals surface area contributed by atoms with Crippen LogP contribution in [-0.4, -0.2) is 12.4 Å². The lowest BCUT2D eigenvalue weighted by Crippen LogP contribution is -2.12. The molecule has 0 aliphatic carbocycles. The number of benzene rings is 2. The number of halogens is 1. The van der Waals surface area contributed by atoms with Crippen LogP contribution in [0.1, 0.15) is 29.8 Å².